The fraction of sp³-hybridized carbons (Fsp3) is 0.238. The molecule has 0 bridgehead atoms. The van der Waals surface area contributed by atoms with Gasteiger partial charge in [0.1, 0.15) is 5.75 Å². The Kier molecular flexibility index (Phi) is 5.03. The van der Waals surface area contributed by atoms with Crippen molar-refractivity contribution in [2.24, 2.45) is 0 Å². The van der Waals surface area contributed by atoms with E-state index in [-0.39, 0.29) is 6.61 Å². The molecule has 3 rings (SSSR count). The lowest BCUT2D eigenvalue weighted by atomic mass is 10.0. The van der Waals surface area contributed by atoms with Gasteiger partial charge in [-0.25, -0.2) is 8.42 Å². The molecule has 1 aliphatic carbocycles. The van der Waals surface area contributed by atoms with Gasteiger partial charge in [0.2, 0.25) is 0 Å². The first kappa shape index (κ1) is 18.4. The Morgan fingerprint density at radius 3 is 2.35 bits per heavy atom. The second-order valence-corrected chi connectivity index (χ2v) is 8.40. The number of sulfone groups is 1. The summed E-state index contributed by atoms with van der Waals surface area (Å²) in [6.07, 6.45) is 3.84. The first-order valence-electron chi connectivity index (χ1n) is 8.36. The van der Waals surface area contributed by atoms with E-state index < -0.39 is 9.84 Å². The fourth-order valence-electron chi connectivity index (χ4n) is 3.30. The molecule has 0 aliphatic heterocycles. The number of benzene rings is 2. The molecule has 1 aliphatic rings. The molecule has 0 radical (unpaired) electrons. The van der Waals surface area contributed by atoms with Crippen molar-refractivity contribution in [3.8, 4) is 5.75 Å². The van der Waals surface area contributed by atoms with Gasteiger partial charge in [-0.15, -0.1) is 0 Å². The number of methoxy groups -OCH3 is 1. The summed E-state index contributed by atoms with van der Waals surface area (Å²) in [5, 5.41) is 9.44. The number of fused-ring (bicyclic) bond motifs is 1. The monoisotopic (exact) mass is 370 g/mol. The van der Waals surface area contributed by atoms with Gasteiger partial charge in [0.05, 0.1) is 12.0 Å². The van der Waals surface area contributed by atoms with E-state index in [1.165, 1.54) is 6.26 Å². The van der Waals surface area contributed by atoms with Crippen LogP contribution >= 0.6 is 0 Å². The average molecular weight is 370 g/mol. The van der Waals surface area contributed by atoms with Crippen LogP contribution in [0.4, 0.5) is 0 Å². The van der Waals surface area contributed by atoms with Crippen molar-refractivity contribution < 1.29 is 18.3 Å². The third-order valence-corrected chi connectivity index (χ3v) is 5.81. The molecular weight excluding hydrogens is 348 g/mol. The van der Waals surface area contributed by atoms with E-state index in [1.807, 2.05) is 37.3 Å². The third-order valence-electron chi connectivity index (χ3n) is 4.68. The van der Waals surface area contributed by atoms with E-state index in [0.717, 1.165) is 39.2 Å². The number of hydrogen-bond donors (Lipinski definition) is 1. The Hall–Kier alpha value is -2.37. The van der Waals surface area contributed by atoms with Crippen LogP contribution in [0.15, 0.2) is 52.9 Å². The van der Waals surface area contributed by atoms with E-state index in [0.29, 0.717) is 11.3 Å². The molecule has 5 heteroatoms. The Morgan fingerprint density at radius 1 is 1.08 bits per heavy atom. The lowest BCUT2D eigenvalue weighted by Crippen LogP contribution is -1.96. The van der Waals surface area contributed by atoms with Crippen LogP contribution in [0, 0.1) is 0 Å². The topological polar surface area (TPSA) is 63.6 Å². The Labute approximate surface area is 154 Å². The minimum Gasteiger partial charge on any atom is -0.497 e. The maximum Gasteiger partial charge on any atom is 0.175 e. The number of hydrogen-bond acceptors (Lipinski definition) is 4. The number of rotatable bonds is 5. The summed E-state index contributed by atoms with van der Waals surface area (Å²) in [6, 6.07) is 12.8. The van der Waals surface area contributed by atoms with Gasteiger partial charge >= 0.3 is 0 Å². The zero-order valence-corrected chi connectivity index (χ0v) is 15.9. The molecular formula is C21H22O4S. The van der Waals surface area contributed by atoms with Gasteiger partial charge in [-0.1, -0.05) is 18.2 Å². The van der Waals surface area contributed by atoms with Crippen LogP contribution < -0.4 is 4.74 Å². The molecule has 0 heterocycles. The number of allylic oxidation sites excluding steroid dienone is 2. The summed E-state index contributed by atoms with van der Waals surface area (Å²) in [5.41, 5.74) is 6.42. The van der Waals surface area contributed by atoms with Gasteiger partial charge in [-0.2, -0.15) is 0 Å². The van der Waals surface area contributed by atoms with Crippen molar-refractivity contribution in [3.05, 3.63) is 64.7 Å². The molecule has 0 spiro atoms. The zero-order chi connectivity index (χ0) is 18.9. The summed E-state index contributed by atoms with van der Waals surface area (Å²) in [4.78, 5) is 0.310. The Bertz CT molecular complexity index is 997. The quantitative estimate of drug-likeness (QED) is 0.869. The average Bonchev–Trinajstić information content (AvgIpc) is 2.87. The van der Waals surface area contributed by atoms with Gasteiger partial charge < -0.3 is 9.84 Å². The predicted molar refractivity (Wildman–Crippen MR) is 105 cm³/mol. The lowest BCUT2D eigenvalue weighted by Gasteiger charge is -2.07. The summed E-state index contributed by atoms with van der Waals surface area (Å²) in [7, 11) is -1.56. The van der Waals surface area contributed by atoms with Crippen molar-refractivity contribution in [1.29, 1.82) is 0 Å². The van der Waals surface area contributed by atoms with Crippen molar-refractivity contribution in [3.63, 3.8) is 0 Å². The molecule has 0 fully saturated rings. The zero-order valence-electron chi connectivity index (χ0n) is 15.1. The standard InChI is InChI=1S/C21H22O4S/c1-14-18(10-11-22)21-13-16(25-2)6-9-19(21)20(14)12-15-4-7-17(8-5-15)26(3,23)24/h4-9,12-13,22H,10-11H2,1-3H3/b20-12-. The summed E-state index contributed by atoms with van der Waals surface area (Å²) in [6.45, 7) is 2.13. The summed E-state index contributed by atoms with van der Waals surface area (Å²) >= 11 is 0. The normalized spacial score (nSPS) is 15.5. The van der Waals surface area contributed by atoms with Crippen LogP contribution in [0.2, 0.25) is 0 Å². The Balaban J connectivity index is 2.09. The molecule has 0 amide bonds. The van der Waals surface area contributed by atoms with E-state index in [2.05, 4.69) is 6.08 Å². The molecule has 26 heavy (non-hydrogen) atoms. The van der Waals surface area contributed by atoms with E-state index >= 15 is 0 Å². The van der Waals surface area contributed by atoms with E-state index in [9.17, 15) is 13.5 Å². The van der Waals surface area contributed by atoms with E-state index in [4.69, 9.17) is 4.74 Å². The third kappa shape index (κ3) is 3.45. The first-order chi connectivity index (χ1) is 12.3. The Morgan fingerprint density at radius 2 is 1.77 bits per heavy atom. The van der Waals surface area contributed by atoms with Crippen molar-refractivity contribution in [2.45, 2.75) is 18.2 Å². The maximum absolute atomic E-state index is 11.6. The number of ether oxygens (including phenoxy) is 1. The SMILES string of the molecule is COc1ccc2c(c1)C(CCO)=C(C)/C2=C/c1ccc(S(C)(=O)=O)cc1. The molecule has 136 valence electrons. The van der Waals surface area contributed by atoms with E-state index in [1.54, 1.807) is 19.2 Å². The number of aliphatic hydroxyl groups is 1. The molecule has 0 atom stereocenters. The van der Waals surface area contributed by atoms with Gasteiger partial charge in [-0.05, 0) is 77.1 Å². The van der Waals surface area contributed by atoms with Gasteiger partial charge in [0.25, 0.3) is 0 Å². The first-order valence-corrected chi connectivity index (χ1v) is 10.3. The maximum atomic E-state index is 11.6. The minimum atomic E-state index is -3.20. The lowest BCUT2D eigenvalue weighted by molar-refractivity contribution is 0.305. The van der Waals surface area contributed by atoms with Crippen LogP contribution in [-0.2, 0) is 9.84 Å². The van der Waals surface area contributed by atoms with Crippen molar-refractivity contribution in [2.75, 3.05) is 20.0 Å². The molecule has 2 aromatic carbocycles. The molecule has 0 unspecified atom stereocenters. The summed E-state index contributed by atoms with van der Waals surface area (Å²) in [5.74, 6) is 0.783. The van der Waals surface area contributed by atoms with Crippen LogP contribution in [0.25, 0.3) is 17.2 Å². The highest BCUT2D eigenvalue weighted by atomic mass is 32.2. The second kappa shape index (κ2) is 7.09. The molecule has 2 aromatic rings. The largest absolute Gasteiger partial charge is 0.497 e. The molecule has 0 saturated carbocycles. The van der Waals surface area contributed by atoms with Gasteiger partial charge in [-0.3, -0.25) is 0 Å². The van der Waals surface area contributed by atoms with Crippen molar-refractivity contribution >= 4 is 27.1 Å². The second-order valence-electron chi connectivity index (χ2n) is 6.39. The minimum absolute atomic E-state index is 0.0830. The highest BCUT2D eigenvalue weighted by molar-refractivity contribution is 7.90. The molecule has 1 N–H and O–H groups in total. The highest BCUT2D eigenvalue weighted by Gasteiger charge is 2.23. The van der Waals surface area contributed by atoms with Crippen LogP contribution in [0.3, 0.4) is 0 Å². The fourth-order valence-corrected chi connectivity index (χ4v) is 3.93. The van der Waals surface area contributed by atoms with Gasteiger partial charge in [0, 0.05) is 12.9 Å². The van der Waals surface area contributed by atoms with Crippen LogP contribution in [-0.4, -0.2) is 33.5 Å². The molecule has 0 saturated heterocycles. The predicted octanol–water partition coefficient (Wildman–Crippen LogP) is 3.81. The highest BCUT2D eigenvalue weighted by Crippen LogP contribution is 2.44. The van der Waals surface area contributed by atoms with Crippen molar-refractivity contribution in [1.82, 2.24) is 0 Å². The smallest absolute Gasteiger partial charge is 0.175 e. The number of aliphatic hydroxyl groups excluding tert-OH is 1. The van der Waals surface area contributed by atoms with Crippen LogP contribution in [0.1, 0.15) is 30.0 Å². The molecule has 0 aromatic heterocycles. The van der Waals surface area contributed by atoms with Gasteiger partial charge in [0.15, 0.2) is 9.84 Å². The molecule has 4 nitrogen and oxygen atoms in total. The summed E-state index contributed by atoms with van der Waals surface area (Å²) < 4.78 is 28.6. The van der Waals surface area contributed by atoms with Crippen LogP contribution in [0.5, 0.6) is 5.75 Å².